The van der Waals surface area contributed by atoms with E-state index in [2.05, 4.69) is 15.7 Å². The Hall–Kier alpha value is -3.65. The van der Waals surface area contributed by atoms with E-state index in [1.807, 2.05) is 24.3 Å². The van der Waals surface area contributed by atoms with E-state index in [0.29, 0.717) is 11.3 Å². The predicted molar refractivity (Wildman–Crippen MR) is 109 cm³/mol. The number of anilines is 2. The van der Waals surface area contributed by atoms with Gasteiger partial charge in [-0.05, 0) is 24.6 Å². The lowest BCUT2D eigenvalue weighted by Crippen LogP contribution is -2.24. The summed E-state index contributed by atoms with van der Waals surface area (Å²) in [5.41, 5.74) is 1.40. The number of aromatic nitrogens is 2. The molecule has 0 aliphatic carbocycles. The molecule has 1 aromatic heterocycles. The van der Waals surface area contributed by atoms with Gasteiger partial charge in [-0.2, -0.15) is 5.10 Å². The number of para-hydroxylation sites is 1. The summed E-state index contributed by atoms with van der Waals surface area (Å²) in [6.07, 6.45) is 0.442. The first-order chi connectivity index (χ1) is 14.1. The topological polar surface area (TPSA) is 105 Å². The Morgan fingerprint density at radius 3 is 2.38 bits per heavy atom. The van der Waals surface area contributed by atoms with Crippen molar-refractivity contribution in [1.82, 2.24) is 9.78 Å². The number of amides is 2. The molecular weight excluding hydrogens is 372 g/mol. The van der Waals surface area contributed by atoms with Crippen LogP contribution in [0.5, 0.6) is 0 Å². The zero-order valence-electron chi connectivity index (χ0n) is 15.9. The highest BCUT2D eigenvalue weighted by atomic mass is 16.5. The van der Waals surface area contributed by atoms with Gasteiger partial charge < -0.3 is 15.2 Å². The minimum absolute atomic E-state index is 0.0460. The molecule has 0 fully saturated rings. The smallest absolute Gasteiger partial charge is 0.343 e. The molecule has 29 heavy (non-hydrogen) atoms. The molecule has 0 radical (unpaired) electrons. The van der Waals surface area contributed by atoms with Crippen molar-refractivity contribution in [2.45, 2.75) is 19.6 Å². The van der Waals surface area contributed by atoms with E-state index in [9.17, 15) is 14.7 Å². The number of nitrogens with zero attached hydrogens (tertiary/aromatic N) is 2. The second-order valence-corrected chi connectivity index (χ2v) is 6.18. The van der Waals surface area contributed by atoms with Crippen molar-refractivity contribution in [3.8, 4) is 0 Å². The summed E-state index contributed by atoms with van der Waals surface area (Å²) < 4.78 is 6.41. The number of aliphatic hydroxyl groups is 1. The number of hydrogen-bond acceptors (Lipinski definition) is 5. The van der Waals surface area contributed by atoms with Crippen LogP contribution in [0, 0.1) is 0 Å². The average Bonchev–Trinajstić information content (AvgIpc) is 3.11. The van der Waals surface area contributed by atoms with Gasteiger partial charge in [0.1, 0.15) is 11.4 Å². The number of urea groups is 1. The maximum absolute atomic E-state index is 12.4. The van der Waals surface area contributed by atoms with Gasteiger partial charge in [-0.15, -0.1) is 0 Å². The van der Waals surface area contributed by atoms with E-state index in [1.54, 1.807) is 43.3 Å². The third-order valence-corrected chi connectivity index (χ3v) is 4.13. The van der Waals surface area contributed by atoms with E-state index >= 15 is 0 Å². The van der Waals surface area contributed by atoms with Crippen LogP contribution in [-0.4, -0.2) is 33.5 Å². The van der Waals surface area contributed by atoms with E-state index in [4.69, 9.17) is 4.74 Å². The molecule has 0 aliphatic rings. The Balaban J connectivity index is 1.82. The Labute approximate surface area is 168 Å². The van der Waals surface area contributed by atoms with Crippen LogP contribution >= 0.6 is 0 Å². The number of hydrogen-bond donors (Lipinski definition) is 3. The number of esters is 1. The molecule has 0 saturated carbocycles. The Morgan fingerprint density at radius 1 is 1.07 bits per heavy atom. The van der Waals surface area contributed by atoms with E-state index < -0.39 is 18.1 Å². The van der Waals surface area contributed by atoms with E-state index in [1.165, 1.54) is 10.9 Å². The lowest BCUT2D eigenvalue weighted by molar-refractivity contribution is 0.0527. The summed E-state index contributed by atoms with van der Waals surface area (Å²) in [5.74, 6) is -0.463. The highest BCUT2D eigenvalue weighted by molar-refractivity contribution is 6.04. The third kappa shape index (κ3) is 5.20. The standard InChI is InChI=1S/C21H22N4O4/c1-2-29-20(27)17-13-22-25(14-18(26)15-9-5-3-6-10-15)19(17)24-21(28)23-16-11-7-4-8-12-16/h3-13,18,26H,2,14H2,1H3,(H2,23,24,28). The monoisotopic (exact) mass is 394 g/mol. The highest BCUT2D eigenvalue weighted by Gasteiger charge is 2.22. The zero-order valence-corrected chi connectivity index (χ0v) is 15.9. The molecule has 8 heteroatoms. The van der Waals surface area contributed by atoms with Crippen molar-refractivity contribution in [3.05, 3.63) is 78.0 Å². The molecule has 1 unspecified atom stereocenters. The molecular formula is C21H22N4O4. The normalized spacial score (nSPS) is 11.5. The van der Waals surface area contributed by atoms with Crippen LogP contribution in [0.2, 0.25) is 0 Å². The van der Waals surface area contributed by atoms with Crippen molar-refractivity contribution in [1.29, 1.82) is 0 Å². The number of nitrogens with one attached hydrogen (secondary N) is 2. The van der Waals surface area contributed by atoms with Crippen molar-refractivity contribution in [2.24, 2.45) is 0 Å². The summed E-state index contributed by atoms with van der Waals surface area (Å²) in [6, 6.07) is 17.4. The maximum atomic E-state index is 12.4. The van der Waals surface area contributed by atoms with Gasteiger partial charge in [-0.3, -0.25) is 5.32 Å². The molecule has 2 aromatic carbocycles. The van der Waals surface area contributed by atoms with Crippen molar-refractivity contribution >= 4 is 23.5 Å². The quantitative estimate of drug-likeness (QED) is 0.533. The summed E-state index contributed by atoms with van der Waals surface area (Å²) in [6.45, 7) is 1.92. The first kappa shape index (κ1) is 20.1. The van der Waals surface area contributed by atoms with Crippen LogP contribution in [0.4, 0.5) is 16.3 Å². The predicted octanol–water partition coefficient (Wildman–Crippen LogP) is 3.44. The molecule has 0 aliphatic heterocycles. The highest BCUT2D eigenvalue weighted by Crippen LogP contribution is 2.22. The molecule has 150 valence electrons. The number of ether oxygens (including phenoxy) is 1. The molecule has 1 heterocycles. The summed E-state index contributed by atoms with van der Waals surface area (Å²) in [7, 11) is 0. The second kappa shape index (κ2) is 9.52. The fourth-order valence-electron chi connectivity index (χ4n) is 2.75. The lowest BCUT2D eigenvalue weighted by atomic mass is 10.1. The van der Waals surface area contributed by atoms with Gasteiger partial charge in [0.2, 0.25) is 0 Å². The Kier molecular flexibility index (Phi) is 6.59. The second-order valence-electron chi connectivity index (χ2n) is 6.18. The number of carbonyl (C=O) groups excluding carboxylic acids is 2. The van der Waals surface area contributed by atoms with Crippen LogP contribution in [-0.2, 0) is 11.3 Å². The van der Waals surface area contributed by atoms with Crippen molar-refractivity contribution < 1.29 is 19.4 Å². The minimum Gasteiger partial charge on any atom is -0.462 e. The van der Waals surface area contributed by atoms with E-state index in [-0.39, 0.29) is 24.5 Å². The SMILES string of the molecule is CCOC(=O)c1cnn(CC(O)c2ccccc2)c1NC(=O)Nc1ccccc1. The molecule has 3 rings (SSSR count). The average molecular weight is 394 g/mol. The summed E-state index contributed by atoms with van der Waals surface area (Å²) in [4.78, 5) is 24.7. The van der Waals surface area contributed by atoms with E-state index in [0.717, 1.165) is 0 Å². The number of benzene rings is 2. The van der Waals surface area contributed by atoms with Crippen LogP contribution < -0.4 is 10.6 Å². The number of rotatable bonds is 7. The van der Waals surface area contributed by atoms with Gasteiger partial charge in [0.05, 0.1) is 25.5 Å². The zero-order chi connectivity index (χ0) is 20.6. The molecule has 8 nitrogen and oxygen atoms in total. The van der Waals surface area contributed by atoms with Crippen molar-refractivity contribution in [3.63, 3.8) is 0 Å². The Bertz CT molecular complexity index is 957. The first-order valence-corrected chi connectivity index (χ1v) is 9.17. The molecule has 0 spiro atoms. The molecule has 3 aromatic rings. The number of carbonyl (C=O) groups is 2. The van der Waals surface area contributed by atoms with Crippen LogP contribution in [0.15, 0.2) is 66.9 Å². The molecule has 1 atom stereocenters. The van der Waals surface area contributed by atoms with Crippen LogP contribution in [0.25, 0.3) is 0 Å². The van der Waals surface area contributed by atoms with Crippen LogP contribution in [0.1, 0.15) is 28.9 Å². The fraction of sp³-hybridized carbons (Fsp3) is 0.190. The molecule has 0 saturated heterocycles. The van der Waals surface area contributed by atoms with Crippen molar-refractivity contribution in [2.75, 3.05) is 17.2 Å². The molecule has 2 amide bonds. The summed E-state index contributed by atoms with van der Waals surface area (Å²) in [5, 5.41) is 20.0. The fourth-order valence-corrected chi connectivity index (χ4v) is 2.75. The van der Waals surface area contributed by atoms with Gasteiger partial charge in [-0.1, -0.05) is 48.5 Å². The maximum Gasteiger partial charge on any atom is 0.343 e. The molecule has 0 bridgehead atoms. The summed E-state index contributed by atoms with van der Waals surface area (Å²) >= 11 is 0. The Morgan fingerprint density at radius 2 is 1.72 bits per heavy atom. The van der Waals surface area contributed by atoms with Crippen LogP contribution in [0.3, 0.4) is 0 Å². The van der Waals surface area contributed by atoms with Gasteiger partial charge in [0.25, 0.3) is 0 Å². The van der Waals surface area contributed by atoms with Gasteiger partial charge in [0.15, 0.2) is 0 Å². The number of aliphatic hydroxyl groups excluding tert-OH is 1. The lowest BCUT2D eigenvalue weighted by Gasteiger charge is -2.15. The van der Waals surface area contributed by atoms with Gasteiger partial charge in [-0.25, -0.2) is 14.3 Å². The minimum atomic E-state index is -0.871. The first-order valence-electron chi connectivity index (χ1n) is 9.17. The largest absolute Gasteiger partial charge is 0.462 e. The van der Waals surface area contributed by atoms with Gasteiger partial charge in [0, 0.05) is 5.69 Å². The molecule has 3 N–H and O–H groups in total. The van der Waals surface area contributed by atoms with Gasteiger partial charge >= 0.3 is 12.0 Å². The third-order valence-electron chi connectivity index (χ3n) is 4.13.